The number of ether oxygens (including phenoxy) is 1. The average molecular weight is 255 g/mol. The Bertz CT molecular complexity index is 589. The highest BCUT2D eigenvalue weighted by atomic mass is 16.5. The van der Waals surface area contributed by atoms with E-state index in [9.17, 15) is 0 Å². The molecule has 0 amide bonds. The van der Waals surface area contributed by atoms with Crippen LogP contribution in [0.15, 0.2) is 18.2 Å². The number of nitrogens with zero attached hydrogens (tertiary/aromatic N) is 1. The lowest BCUT2D eigenvalue weighted by atomic mass is 9.60. The molecule has 2 heteroatoms. The normalized spacial score (nSPS) is 37.0. The molecule has 3 aliphatic carbocycles. The van der Waals surface area contributed by atoms with E-state index < -0.39 is 0 Å². The molecule has 0 aliphatic heterocycles. The van der Waals surface area contributed by atoms with Crippen LogP contribution >= 0.6 is 0 Å². The van der Waals surface area contributed by atoms with E-state index in [1.807, 2.05) is 6.07 Å². The smallest absolute Gasteiger partial charge is 0.213 e. The topological polar surface area (TPSA) is 22.1 Å². The Morgan fingerprint density at radius 2 is 2.05 bits per heavy atom. The molecule has 2 nitrogen and oxygen atoms in total. The predicted octanol–water partition coefficient (Wildman–Crippen LogP) is 3.96. The Hall–Kier alpha value is -1.31. The van der Waals surface area contributed by atoms with E-state index in [1.165, 1.54) is 31.2 Å². The van der Waals surface area contributed by atoms with Gasteiger partial charge in [-0.25, -0.2) is 4.98 Å². The van der Waals surface area contributed by atoms with E-state index in [4.69, 9.17) is 4.74 Å². The Labute approximate surface area is 114 Å². The zero-order chi connectivity index (χ0) is 13.3. The molecule has 1 heterocycles. The number of hydrogen-bond donors (Lipinski definition) is 0. The molecule has 2 atom stereocenters. The molecular weight excluding hydrogens is 234 g/mol. The summed E-state index contributed by atoms with van der Waals surface area (Å²) in [6.45, 7) is 4.89. The van der Waals surface area contributed by atoms with E-state index in [1.54, 1.807) is 7.11 Å². The van der Waals surface area contributed by atoms with Crippen LogP contribution in [0.2, 0.25) is 0 Å². The molecule has 0 N–H and O–H groups in total. The summed E-state index contributed by atoms with van der Waals surface area (Å²) in [6, 6.07) is 4.28. The number of methoxy groups -OCH3 is 1. The van der Waals surface area contributed by atoms with Crippen LogP contribution in [0.1, 0.15) is 50.8 Å². The van der Waals surface area contributed by atoms with E-state index in [0.29, 0.717) is 16.2 Å². The zero-order valence-corrected chi connectivity index (χ0v) is 12.0. The van der Waals surface area contributed by atoms with Crippen LogP contribution in [-0.2, 0) is 5.41 Å². The van der Waals surface area contributed by atoms with Gasteiger partial charge < -0.3 is 4.74 Å². The largest absolute Gasteiger partial charge is 0.481 e. The van der Waals surface area contributed by atoms with Crippen molar-refractivity contribution in [2.45, 2.75) is 44.9 Å². The molecule has 2 saturated carbocycles. The fourth-order valence-corrected chi connectivity index (χ4v) is 4.92. The van der Waals surface area contributed by atoms with Gasteiger partial charge in [-0.15, -0.1) is 0 Å². The van der Waals surface area contributed by atoms with Crippen molar-refractivity contribution in [1.82, 2.24) is 4.98 Å². The lowest BCUT2D eigenvalue weighted by molar-refractivity contribution is 0.141. The molecule has 0 bridgehead atoms. The van der Waals surface area contributed by atoms with Gasteiger partial charge in [0.05, 0.1) is 12.8 Å². The average Bonchev–Trinajstić information content (AvgIpc) is 3.10. The van der Waals surface area contributed by atoms with Gasteiger partial charge in [-0.1, -0.05) is 32.4 Å². The first-order chi connectivity index (χ1) is 9.05. The fourth-order valence-electron chi connectivity index (χ4n) is 4.92. The molecular formula is C17H21NO. The molecule has 0 radical (unpaired) electrons. The SMILES string of the molecule is COc1ccc2c(n1)C=C[C@@]13C[C@@]21CCCC3(C)C. The molecule has 0 unspecified atom stereocenters. The number of pyridine rings is 1. The van der Waals surface area contributed by atoms with Crippen LogP contribution < -0.4 is 4.74 Å². The van der Waals surface area contributed by atoms with E-state index in [2.05, 4.69) is 37.0 Å². The van der Waals surface area contributed by atoms with Crippen LogP contribution in [0.3, 0.4) is 0 Å². The second-order valence-electron chi connectivity index (χ2n) is 7.09. The highest BCUT2D eigenvalue weighted by Gasteiger charge is 2.74. The summed E-state index contributed by atoms with van der Waals surface area (Å²) in [4.78, 5) is 4.63. The number of fused-ring (bicyclic) bond motifs is 1. The summed E-state index contributed by atoms with van der Waals surface area (Å²) < 4.78 is 5.26. The minimum absolute atomic E-state index is 0.373. The maximum atomic E-state index is 5.26. The van der Waals surface area contributed by atoms with Crippen molar-refractivity contribution in [1.29, 1.82) is 0 Å². The van der Waals surface area contributed by atoms with Crippen molar-refractivity contribution in [2.24, 2.45) is 10.8 Å². The van der Waals surface area contributed by atoms with Gasteiger partial charge in [0.25, 0.3) is 0 Å². The lowest BCUT2D eigenvalue weighted by Crippen LogP contribution is -2.37. The second-order valence-corrected chi connectivity index (χ2v) is 7.09. The molecule has 100 valence electrons. The number of rotatable bonds is 1. The van der Waals surface area contributed by atoms with Crippen LogP contribution in [0.4, 0.5) is 0 Å². The number of hydrogen-bond acceptors (Lipinski definition) is 2. The monoisotopic (exact) mass is 255 g/mol. The minimum atomic E-state index is 0.373. The number of allylic oxidation sites excluding steroid dienone is 1. The van der Waals surface area contributed by atoms with Crippen LogP contribution in [0.5, 0.6) is 5.88 Å². The first-order valence-electron chi connectivity index (χ1n) is 7.30. The minimum Gasteiger partial charge on any atom is -0.481 e. The Morgan fingerprint density at radius 3 is 2.84 bits per heavy atom. The highest BCUT2D eigenvalue weighted by Crippen LogP contribution is 2.80. The molecule has 1 aromatic heterocycles. The third-order valence-electron chi connectivity index (χ3n) is 6.07. The standard InChI is InChI=1S/C17H21NO/c1-15(2)8-4-9-16-11-17(15,16)10-7-13-12(16)5-6-14(18-13)19-3/h5-7,10H,4,8-9,11H2,1-3H3/t16-,17-/m0/s1. The zero-order valence-electron chi connectivity index (χ0n) is 12.0. The molecule has 0 aromatic carbocycles. The molecule has 3 aliphatic rings. The first kappa shape index (κ1) is 11.5. The Balaban J connectivity index is 1.89. The maximum Gasteiger partial charge on any atom is 0.213 e. The predicted molar refractivity (Wildman–Crippen MR) is 76.2 cm³/mol. The van der Waals surface area contributed by atoms with Gasteiger partial charge in [-0.2, -0.15) is 0 Å². The van der Waals surface area contributed by atoms with Crippen molar-refractivity contribution >= 4 is 6.08 Å². The van der Waals surface area contributed by atoms with Gasteiger partial charge in [-0.05, 0) is 36.3 Å². The molecule has 19 heavy (non-hydrogen) atoms. The van der Waals surface area contributed by atoms with Crippen LogP contribution in [0, 0.1) is 10.8 Å². The quantitative estimate of drug-likeness (QED) is 0.758. The summed E-state index contributed by atoms with van der Waals surface area (Å²) in [5.41, 5.74) is 3.77. The summed E-state index contributed by atoms with van der Waals surface area (Å²) in [7, 11) is 1.69. The van der Waals surface area contributed by atoms with Crippen molar-refractivity contribution in [3.63, 3.8) is 0 Å². The maximum absolute atomic E-state index is 5.26. The van der Waals surface area contributed by atoms with Gasteiger partial charge in [0.2, 0.25) is 5.88 Å². The van der Waals surface area contributed by atoms with Gasteiger partial charge in [0.15, 0.2) is 0 Å². The summed E-state index contributed by atoms with van der Waals surface area (Å²) >= 11 is 0. The fraction of sp³-hybridized carbons (Fsp3) is 0.588. The van der Waals surface area contributed by atoms with Crippen molar-refractivity contribution in [3.05, 3.63) is 29.5 Å². The first-order valence-corrected chi connectivity index (χ1v) is 7.30. The lowest BCUT2D eigenvalue weighted by Gasteiger charge is -2.44. The third kappa shape index (κ3) is 1.16. The summed E-state index contributed by atoms with van der Waals surface area (Å²) in [6.07, 6.45) is 10.0. The molecule has 4 rings (SSSR count). The van der Waals surface area contributed by atoms with Crippen molar-refractivity contribution in [3.8, 4) is 5.88 Å². The van der Waals surface area contributed by atoms with Gasteiger partial charge in [0.1, 0.15) is 0 Å². The highest BCUT2D eigenvalue weighted by molar-refractivity contribution is 5.65. The molecule has 1 aromatic rings. The second kappa shape index (κ2) is 3.23. The summed E-state index contributed by atoms with van der Waals surface area (Å²) in [5, 5.41) is 0. The Morgan fingerprint density at radius 1 is 1.21 bits per heavy atom. The van der Waals surface area contributed by atoms with Gasteiger partial charge in [-0.3, -0.25) is 0 Å². The van der Waals surface area contributed by atoms with Gasteiger partial charge >= 0.3 is 0 Å². The third-order valence-corrected chi connectivity index (χ3v) is 6.07. The molecule has 2 fully saturated rings. The van der Waals surface area contributed by atoms with E-state index >= 15 is 0 Å². The molecule has 0 spiro atoms. The van der Waals surface area contributed by atoms with Crippen LogP contribution in [0.25, 0.3) is 6.08 Å². The van der Waals surface area contributed by atoms with Gasteiger partial charge in [0, 0.05) is 16.9 Å². The van der Waals surface area contributed by atoms with Crippen molar-refractivity contribution < 1.29 is 4.74 Å². The Kier molecular flexibility index (Phi) is 1.95. The number of aromatic nitrogens is 1. The van der Waals surface area contributed by atoms with E-state index in [-0.39, 0.29) is 0 Å². The van der Waals surface area contributed by atoms with E-state index in [0.717, 1.165) is 11.6 Å². The summed E-state index contributed by atoms with van der Waals surface area (Å²) in [5.74, 6) is 0.725. The van der Waals surface area contributed by atoms with Crippen molar-refractivity contribution in [2.75, 3.05) is 7.11 Å². The van der Waals surface area contributed by atoms with Crippen LogP contribution in [-0.4, -0.2) is 12.1 Å². The molecule has 0 saturated heterocycles.